The number of benzene rings is 2. The van der Waals surface area contributed by atoms with Crippen LogP contribution in [-0.4, -0.2) is 12.5 Å². The topological polar surface area (TPSA) is 32.3 Å². The van der Waals surface area contributed by atoms with E-state index in [0.29, 0.717) is 6.54 Å². The number of anilines is 2. The predicted octanol–water partition coefficient (Wildman–Crippen LogP) is 3.35. The van der Waals surface area contributed by atoms with Crippen molar-refractivity contribution in [3.05, 3.63) is 59.4 Å². The highest BCUT2D eigenvalue weighted by atomic mass is 19.1. The fourth-order valence-electron chi connectivity index (χ4n) is 2.69. The summed E-state index contributed by atoms with van der Waals surface area (Å²) in [6.45, 7) is 2.91. The zero-order valence-corrected chi connectivity index (χ0v) is 11.9. The van der Waals surface area contributed by atoms with Gasteiger partial charge in [0, 0.05) is 31.4 Å². The molecule has 0 aromatic heterocycles. The number of carbonyl (C=O) groups excluding carboxylic acids is 1. The molecule has 108 valence electrons. The Balaban J connectivity index is 1.72. The lowest BCUT2D eigenvalue weighted by molar-refractivity contribution is -0.116. The molecule has 1 heterocycles. The molecule has 2 aromatic rings. The van der Waals surface area contributed by atoms with Gasteiger partial charge < -0.3 is 10.2 Å². The molecule has 0 fully saturated rings. The average molecular weight is 284 g/mol. The molecule has 0 spiro atoms. The molecule has 3 rings (SSSR count). The summed E-state index contributed by atoms with van der Waals surface area (Å²) in [5, 5.41) is 3.29. The van der Waals surface area contributed by atoms with Gasteiger partial charge in [0.25, 0.3) is 0 Å². The largest absolute Gasteiger partial charge is 0.381 e. The third-order valence-corrected chi connectivity index (χ3v) is 3.74. The molecule has 1 aliphatic heterocycles. The number of halogens is 1. The van der Waals surface area contributed by atoms with Gasteiger partial charge in [0.1, 0.15) is 5.82 Å². The van der Waals surface area contributed by atoms with E-state index in [-0.39, 0.29) is 11.7 Å². The Hall–Kier alpha value is -2.36. The molecule has 0 unspecified atom stereocenters. The smallest absolute Gasteiger partial charge is 0.223 e. The minimum atomic E-state index is -0.222. The van der Waals surface area contributed by atoms with Gasteiger partial charge in [-0.15, -0.1) is 0 Å². The summed E-state index contributed by atoms with van der Waals surface area (Å²) >= 11 is 0. The Morgan fingerprint density at radius 3 is 2.90 bits per heavy atom. The summed E-state index contributed by atoms with van der Waals surface area (Å²) < 4.78 is 13.1. The first-order valence-corrected chi connectivity index (χ1v) is 7.03. The fraction of sp³-hybridized carbons (Fsp3) is 0.235. The predicted molar refractivity (Wildman–Crippen MR) is 81.9 cm³/mol. The first kappa shape index (κ1) is 13.6. The minimum Gasteiger partial charge on any atom is -0.381 e. The van der Waals surface area contributed by atoms with Crippen LogP contribution in [0.15, 0.2) is 42.5 Å². The number of hydrogen-bond donors (Lipinski definition) is 1. The van der Waals surface area contributed by atoms with E-state index in [4.69, 9.17) is 0 Å². The highest BCUT2D eigenvalue weighted by molar-refractivity contribution is 5.94. The number of amides is 1. The number of nitrogens with zero attached hydrogens (tertiary/aromatic N) is 1. The van der Waals surface area contributed by atoms with Crippen molar-refractivity contribution < 1.29 is 9.18 Å². The summed E-state index contributed by atoms with van der Waals surface area (Å²) in [4.78, 5) is 13.3. The molecular formula is C17H17FN2O. The van der Waals surface area contributed by atoms with E-state index in [1.807, 2.05) is 18.2 Å². The molecule has 3 nitrogen and oxygen atoms in total. The maximum absolute atomic E-state index is 13.1. The summed E-state index contributed by atoms with van der Waals surface area (Å²) in [7, 11) is 0. The summed E-state index contributed by atoms with van der Waals surface area (Å²) in [6, 6.07) is 12.6. The highest BCUT2D eigenvalue weighted by Crippen LogP contribution is 2.30. The monoisotopic (exact) mass is 284 g/mol. The van der Waals surface area contributed by atoms with Crippen LogP contribution in [0, 0.1) is 5.82 Å². The molecule has 0 aliphatic carbocycles. The van der Waals surface area contributed by atoms with Crippen molar-refractivity contribution in [2.24, 2.45) is 0 Å². The molecule has 1 N–H and O–H groups in total. The fourth-order valence-corrected chi connectivity index (χ4v) is 2.69. The van der Waals surface area contributed by atoms with E-state index in [9.17, 15) is 9.18 Å². The van der Waals surface area contributed by atoms with Crippen LogP contribution in [0.1, 0.15) is 18.1 Å². The van der Waals surface area contributed by atoms with Crippen LogP contribution in [-0.2, 0) is 17.8 Å². The maximum atomic E-state index is 13.1. The summed E-state index contributed by atoms with van der Waals surface area (Å²) in [6.07, 6.45) is 0.879. The standard InChI is InChI=1S/C17H17FN2O/c1-12(21)20-8-7-14-10-16(5-6-17(14)20)19-11-13-3-2-4-15(18)9-13/h2-6,9-10,19H,7-8,11H2,1H3. The van der Waals surface area contributed by atoms with Crippen molar-refractivity contribution >= 4 is 17.3 Å². The molecule has 0 saturated carbocycles. The molecule has 0 saturated heterocycles. The van der Waals surface area contributed by atoms with Gasteiger partial charge in [0.15, 0.2) is 0 Å². The zero-order valence-electron chi connectivity index (χ0n) is 11.9. The second-order valence-corrected chi connectivity index (χ2v) is 5.25. The van der Waals surface area contributed by atoms with E-state index in [1.165, 1.54) is 17.7 Å². The first-order valence-electron chi connectivity index (χ1n) is 7.03. The van der Waals surface area contributed by atoms with Crippen molar-refractivity contribution in [1.29, 1.82) is 0 Å². The zero-order chi connectivity index (χ0) is 14.8. The Morgan fingerprint density at radius 1 is 1.29 bits per heavy atom. The first-order chi connectivity index (χ1) is 10.1. The lowest BCUT2D eigenvalue weighted by Gasteiger charge is -2.15. The van der Waals surface area contributed by atoms with E-state index >= 15 is 0 Å². The molecular weight excluding hydrogens is 267 g/mol. The van der Waals surface area contributed by atoms with Gasteiger partial charge in [0.05, 0.1) is 0 Å². The van der Waals surface area contributed by atoms with E-state index in [0.717, 1.165) is 29.9 Å². The minimum absolute atomic E-state index is 0.0780. The number of nitrogens with one attached hydrogen (secondary N) is 1. The lowest BCUT2D eigenvalue weighted by atomic mass is 10.1. The number of fused-ring (bicyclic) bond motifs is 1. The molecule has 21 heavy (non-hydrogen) atoms. The molecule has 0 atom stereocenters. The summed E-state index contributed by atoms with van der Waals surface area (Å²) in [5.74, 6) is -0.144. The molecule has 0 radical (unpaired) electrons. The number of hydrogen-bond acceptors (Lipinski definition) is 2. The third kappa shape index (κ3) is 2.89. The average Bonchev–Trinajstić information content (AvgIpc) is 2.88. The van der Waals surface area contributed by atoms with Crippen LogP contribution >= 0.6 is 0 Å². The van der Waals surface area contributed by atoms with Crippen LogP contribution in [0.4, 0.5) is 15.8 Å². The molecule has 4 heteroatoms. The van der Waals surface area contributed by atoms with Gasteiger partial charge >= 0.3 is 0 Å². The Morgan fingerprint density at radius 2 is 2.14 bits per heavy atom. The van der Waals surface area contributed by atoms with Crippen LogP contribution in [0.25, 0.3) is 0 Å². The quantitative estimate of drug-likeness (QED) is 0.937. The third-order valence-electron chi connectivity index (χ3n) is 3.74. The van der Waals surface area contributed by atoms with Crippen molar-refractivity contribution in [2.75, 3.05) is 16.8 Å². The summed E-state index contributed by atoms with van der Waals surface area (Å²) in [5.41, 5.74) is 4.07. The van der Waals surface area contributed by atoms with Crippen LogP contribution in [0.3, 0.4) is 0 Å². The van der Waals surface area contributed by atoms with Gasteiger partial charge in [-0.25, -0.2) is 4.39 Å². The van der Waals surface area contributed by atoms with Crippen molar-refractivity contribution in [3.8, 4) is 0 Å². The van der Waals surface area contributed by atoms with Gasteiger partial charge in [-0.1, -0.05) is 12.1 Å². The van der Waals surface area contributed by atoms with E-state index in [2.05, 4.69) is 11.4 Å². The van der Waals surface area contributed by atoms with E-state index in [1.54, 1.807) is 17.9 Å². The Kier molecular flexibility index (Phi) is 3.60. The van der Waals surface area contributed by atoms with Crippen LogP contribution in [0.2, 0.25) is 0 Å². The van der Waals surface area contributed by atoms with Crippen LogP contribution in [0.5, 0.6) is 0 Å². The van der Waals surface area contributed by atoms with Crippen molar-refractivity contribution in [2.45, 2.75) is 19.9 Å². The normalized spacial score (nSPS) is 13.1. The van der Waals surface area contributed by atoms with Gasteiger partial charge in [0.2, 0.25) is 5.91 Å². The van der Waals surface area contributed by atoms with Gasteiger partial charge in [-0.3, -0.25) is 4.79 Å². The number of carbonyl (C=O) groups is 1. The van der Waals surface area contributed by atoms with Crippen molar-refractivity contribution in [3.63, 3.8) is 0 Å². The SMILES string of the molecule is CC(=O)N1CCc2cc(NCc3cccc(F)c3)ccc21. The van der Waals surface area contributed by atoms with E-state index < -0.39 is 0 Å². The Labute approximate surface area is 123 Å². The Bertz CT molecular complexity index is 684. The molecule has 0 bridgehead atoms. The molecule has 1 amide bonds. The van der Waals surface area contributed by atoms with Crippen molar-refractivity contribution in [1.82, 2.24) is 0 Å². The van der Waals surface area contributed by atoms with Gasteiger partial charge in [-0.2, -0.15) is 0 Å². The van der Waals surface area contributed by atoms with Crippen LogP contribution < -0.4 is 10.2 Å². The molecule has 2 aromatic carbocycles. The second-order valence-electron chi connectivity index (χ2n) is 5.25. The second kappa shape index (κ2) is 5.56. The highest BCUT2D eigenvalue weighted by Gasteiger charge is 2.21. The lowest BCUT2D eigenvalue weighted by Crippen LogP contribution is -2.25. The maximum Gasteiger partial charge on any atom is 0.223 e. The van der Waals surface area contributed by atoms with Gasteiger partial charge in [-0.05, 0) is 47.9 Å². The number of rotatable bonds is 3. The molecule has 1 aliphatic rings.